The Bertz CT molecular complexity index is 671. The van der Waals surface area contributed by atoms with Crippen molar-refractivity contribution < 1.29 is 9.53 Å². The van der Waals surface area contributed by atoms with Crippen molar-refractivity contribution in [1.82, 2.24) is 0 Å². The lowest BCUT2D eigenvalue weighted by Gasteiger charge is -2.12. The number of aryl methyl sites for hydroxylation is 1. The van der Waals surface area contributed by atoms with E-state index < -0.39 is 0 Å². The first-order valence-electron chi connectivity index (χ1n) is 6.48. The quantitative estimate of drug-likeness (QED) is 0.899. The maximum atomic E-state index is 12.4. The van der Waals surface area contributed by atoms with Gasteiger partial charge >= 0.3 is 0 Å². The number of ether oxygens (including phenoxy) is 1. The SMILES string of the molecule is CNc1ccc(C(=O)Nc2cc(Cl)ccc2OC)c(C)c1. The number of nitrogens with one attached hydrogen (secondary N) is 2. The van der Waals surface area contributed by atoms with E-state index in [1.165, 1.54) is 0 Å². The number of hydrogen-bond acceptors (Lipinski definition) is 3. The van der Waals surface area contributed by atoms with Gasteiger partial charge < -0.3 is 15.4 Å². The molecule has 1 amide bonds. The molecule has 0 aliphatic rings. The molecule has 0 bridgehead atoms. The fourth-order valence-electron chi connectivity index (χ4n) is 2.04. The highest BCUT2D eigenvalue weighted by Gasteiger charge is 2.12. The molecule has 0 saturated heterocycles. The van der Waals surface area contributed by atoms with Gasteiger partial charge in [-0.2, -0.15) is 0 Å². The van der Waals surface area contributed by atoms with Crippen LogP contribution in [-0.2, 0) is 0 Å². The molecule has 0 aliphatic heterocycles. The molecular formula is C16H17ClN2O2. The van der Waals surface area contributed by atoms with Gasteiger partial charge in [0.05, 0.1) is 12.8 Å². The molecule has 5 heteroatoms. The largest absolute Gasteiger partial charge is 0.495 e. The molecule has 0 aromatic heterocycles. The molecular weight excluding hydrogens is 288 g/mol. The molecule has 0 aliphatic carbocycles. The van der Waals surface area contributed by atoms with E-state index in [0.717, 1.165) is 11.3 Å². The van der Waals surface area contributed by atoms with Crippen LogP contribution in [0.1, 0.15) is 15.9 Å². The summed E-state index contributed by atoms with van der Waals surface area (Å²) in [6.45, 7) is 1.89. The van der Waals surface area contributed by atoms with Gasteiger partial charge in [-0.05, 0) is 48.9 Å². The highest BCUT2D eigenvalue weighted by atomic mass is 35.5. The molecule has 0 fully saturated rings. The third-order valence-electron chi connectivity index (χ3n) is 3.17. The Labute approximate surface area is 129 Å². The van der Waals surface area contributed by atoms with Gasteiger partial charge in [0.25, 0.3) is 5.91 Å². The summed E-state index contributed by atoms with van der Waals surface area (Å²) >= 11 is 5.96. The minimum atomic E-state index is -0.198. The molecule has 21 heavy (non-hydrogen) atoms. The Morgan fingerprint density at radius 2 is 1.95 bits per heavy atom. The molecule has 110 valence electrons. The van der Waals surface area contributed by atoms with Crippen LogP contribution in [0.3, 0.4) is 0 Å². The molecule has 2 aromatic carbocycles. The first kappa shape index (κ1) is 15.2. The number of anilines is 2. The number of hydrogen-bond donors (Lipinski definition) is 2. The summed E-state index contributed by atoms with van der Waals surface area (Å²) in [6.07, 6.45) is 0. The lowest BCUT2D eigenvalue weighted by molar-refractivity contribution is 0.102. The summed E-state index contributed by atoms with van der Waals surface area (Å²) in [5.41, 5.74) is 3.01. The minimum Gasteiger partial charge on any atom is -0.495 e. The molecule has 0 radical (unpaired) electrons. The lowest BCUT2D eigenvalue weighted by atomic mass is 10.1. The van der Waals surface area contributed by atoms with Crippen LogP contribution < -0.4 is 15.4 Å². The van der Waals surface area contributed by atoms with E-state index in [0.29, 0.717) is 22.0 Å². The molecule has 2 aromatic rings. The average Bonchev–Trinajstić information content (AvgIpc) is 2.47. The summed E-state index contributed by atoms with van der Waals surface area (Å²) in [5, 5.41) is 6.40. The number of methoxy groups -OCH3 is 1. The number of carbonyl (C=O) groups is 1. The summed E-state index contributed by atoms with van der Waals surface area (Å²) in [5.74, 6) is 0.368. The van der Waals surface area contributed by atoms with Crippen LogP contribution in [-0.4, -0.2) is 20.1 Å². The Morgan fingerprint density at radius 1 is 1.19 bits per heavy atom. The maximum Gasteiger partial charge on any atom is 0.256 e. The van der Waals surface area contributed by atoms with Crippen molar-refractivity contribution in [2.24, 2.45) is 0 Å². The molecule has 0 saturated carbocycles. The highest BCUT2D eigenvalue weighted by molar-refractivity contribution is 6.31. The molecule has 4 nitrogen and oxygen atoms in total. The van der Waals surface area contributed by atoms with Crippen LogP contribution in [0.4, 0.5) is 11.4 Å². The van der Waals surface area contributed by atoms with Crippen molar-refractivity contribution in [1.29, 1.82) is 0 Å². The summed E-state index contributed by atoms with van der Waals surface area (Å²) in [7, 11) is 3.39. The van der Waals surface area contributed by atoms with E-state index in [9.17, 15) is 4.79 Å². The highest BCUT2D eigenvalue weighted by Crippen LogP contribution is 2.28. The van der Waals surface area contributed by atoms with Gasteiger partial charge in [-0.3, -0.25) is 4.79 Å². The predicted octanol–water partition coefficient (Wildman–Crippen LogP) is 3.95. The first-order valence-corrected chi connectivity index (χ1v) is 6.86. The van der Waals surface area contributed by atoms with E-state index in [2.05, 4.69) is 10.6 Å². The second kappa shape index (κ2) is 6.50. The predicted molar refractivity (Wildman–Crippen MR) is 86.7 cm³/mol. The van der Waals surface area contributed by atoms with Crippen LogP contribution in [0.15, 0.2) is 36.4 Å². The van der Waals surface area contributed by atoms with Crippen LogP contribution in [0.5, 0.6) is 5.75 Å². The Balaban J connectivity index is 2.28. The summed E-state index contributed by atoms with van der Waals surface area (Å²) in [6, 6.07) is 10.7. The number of benzene rings is 2. The number of halogens is 1. The Kier molecular flexibility index (Phi) is 4.70. The molecule has 2 rings (SSSR count). The van der Waals surface area contributed by atoms with E-state index in [4.69, 9.17) is 16.3 Å². The topological polar surface area (TPSA) is 50.4 Å². The van der Waals surface area contributed by atoms with Gasteiger partial charge in [0.2, 0.25) is 0 Å². The Hall–Kier alpha value is -2.20. The van der Waals surface area contributed by atoms with Crippen molar-refractivity contribution in [3.8, 4) is 5.75 Å². The molecule has 0 atom stereocenters. The van der Waals surface area contributed by atoms with E-state index in [1.807, 2.05) is 26.1 Å². The van der Waals surface area contributed by atoms with Crippen molar-refractivity contribution in [3.63, 3.8) is 0 Å². The van der Waals surface area contributed by atoms with Gasteiger partial charge in [-0.15, -0.1) is 0 Å². The van der Waals surface area contributed by atoms with Gasteiger partial charge in [-0.25, -0.2) is 0 Å². The second-order valence-corrected chi connectivity index (χ2v) is 5.01. The van der Waals surface area contributed by atoms with Gasteiger partial charge in [0.15, 0.2) is 0 Å². The van der Waals surface area contributed by atoms with Gasteiger partial charge in [0.1, 0.15) is 5.75 Å². The third kappa shape index (κ3) is 3.47. The fourth-order valence-corrected chi connectivity index (χ4v) is 2.21. The second-order valence-electron chi connectivity index (χ2n) is 4.58. The summed E-state index contributed by atoms with van der Waals surface area (Å²) in [4.78, 5) is 12.4. The zero-order valence-electron chi connectivity index (χ0n) is 12.2. The van der Waals surface area contributed by atoms with Crippen LogP contribution >= 0.6 is 11.6 Å². The standard InChI is InChI=1S/C16H17ClN2O2/c1-10-8-12(18-2)5-6-13(10)16(20)19-14-9-11(17)4-7-15(14)21-3/h4-9,18H,1-3H3,(H,19,20). The number of rotatable bonds is 4. The lowest BCUT2D eigenvalue weighted by Crippen LogP contribution is -2.14. The van der Waals surface area contributed by atoms with Crippen LogP contribution in [0.2, 0.25) is 5.02 Å². The molecule has 0 heterocycles. The van der Waals surface area contributed by atoms with Crippen molar-refractivity contribution in [2.45, 2.75) is 6.92 Å². The third-order valence-corrected chi connectivity index (χ3v) is 3.40. The van der Waals surface area contributed by atoms with E-state index in [1.54, 1.807) is 31.4 Å². The van der Waals surface area contributed by atoms with Crippen molar-refractivity contribution in [2.75, 3.05) is 24.8 Å². The Morgan fingerprint density at radius 3 is 2.57 bits per heavy atom. The normalized spacial score (nSPS) is 10.1. The van der Waals surface area contributed by atoms with Crippen molar-refractivity contribution >= 4 is 28.9 Å². The molecule has 0 spiro atoms. The van der Waals surface area contributed by atoms with Crippen molar-refractivity contribution in [3.05, 3.63) is 52.5 Å². The zero-order chi connectivity index (χ0) is 15.4. The van der Waals surface area contributed by atoms with E-state index in [-0.39, 0.29) is 5.91 Å². The first-order chi connectivity index (χ1) is 10.0. The average molecular weight is 305 g/mol. The van der Waals surface area contributed by atoms with Crippen LogP contribution in [0.25, 0.3) is 0 Å². The van der Waals surface area contributed by atoms with Crippen LogP contribution in [0, 0.1) is 6.92 Å². The number of carbonyl (C=O) groups excluding carboxylic acids is 1. The van der Waals surface area contributed by atoms with E-state index >= 15 is 0 Å². The van der Waals surface area contributed by atoms with Gasteiger partial charge in [0, 0.05) is 23.3 Å². The fraction of sp³-hybridized carbons (Fsp3) is 0.188. The maximum absolute atomic E-state index is 12.4. The minimum absolute atomic E-state index is 0.198. The summed E-state index contributed by atoms with van der Waals surface area (Å²) < 4.78 is 5.22. The van der Waals surface area contributed by atoms with Gasteiger partial charge in [-0.1, -0.05) is 11.6 Å². The molecule has 2 N–H and O–H groups in total. The number of amides is 1. The molecule has 0 unspecified atom stereocenters. The monoisotopic (exact) mass is 304 g/mol. The smallest absolute Gasteiger partial charge is 0.256 e. The zero-order valence-corrected chi connectivity index (χ0v) is 12.9.